The summed E-state index contributed by atoms with van der Waals surface area (Å²) in [6, 6.07) is 11.1. The van der Waals surface area contributed by atoms with Crippen LogP contribution >= 0.6 is 0 Å². The number of hydrogen-bond donors (Lipinski definition) is 0. The molecule has 2 aromatic rings. The van der Waals surface area contributed by atoms with E-state index in [1.807, 2.05) is 0 Å². The molecule has 0 saturated heterocycles. The molecule has 0 fully saturated rings. The van der Waals surface area contributed by atoms with Crippen LogP contribution < -0.4 is 0 Å². The Morgan fingerprint density at radius 1 is 1.15 bits per heavy atom. The van der Waals surface area contributed by atoms with E-state index in [4.69, 9.17) is 0 Å². The van der Waals surface area contributed by atoms with Crippen LogP contribution in [0.1, 0.15) is 11.3 Å². The molecule has 0 amide bonds. The van der Waals surface area contributed by atoms with Gasteiger partial charge in [-0.3, -0.25) is 10.1 Å². The van der Waals surface area contributed by atoms with Gasteiger partial charge in [0, 0.05) is 11.8 Å². The third-order valence-electron chi connectivity index (χ3n) is 2.67. The minimum atomic E-state index is -3.86. The van der Waals surface area contributed by atoms with E-state index in [1.165, 1.54) is 12.1 Å². The number of nitrogens with zero attached hydrogens (tertiary/aromatic N) is 2. The van der Waals surface area contributed by atoms with E-state index in [0.29, 0.717) is 11.3 Å². The van der Waals surface area contributed by atoms with Gasteiger partial charge in [-0.2, -0.15) is 0 Å². The van der Waals surface area contributed by atoms with E-state index >= 15 is 0 Å². The van der Waals surface area contributed by atoms with Crippen LogP contribution in [0.25, 0.3) is 0 Å². The lowest BCUT2D eigenvalue weighted by Crippen LogP contribution is -2.10. The molecule has 20 heavy (non-hydrogen) atoms. The van der Waals surface area contributed by atoms with Crippen LogP contribution in [-0.2, 0) is 15.6 Å². The lowest BCUT2D eigenvalue weighted by atomic mass is 10.2. The average Bonchev–Trinajstić information content (AvgIpc) is 2.39. The molecule has 6 nitrogen and oxygen atoms in total. The molecule has 0 bridgehead atoms. The molecule has 0 atom stereocenters. The number of benzene rings is 1. The Hall–Kier alpha value is -2.28. The summed E-state index contributed by atoms with van der Waals surface area (Å²) in [4.78, 5) is 14.0. The van der Waals surface area contributed by atoms with Gasteiger partial charge in [0.1, 0.15) is 0 Å². The summed E-state index contributed by atoms with van der Waals surface area (Å²) < 4.78 is 24.6. The maximum atomic E-state index is 12.3. The summed E-state index contributed by atoms with van der Waals surface area (Å²) in [5.41, 5.74) is 0.485. The molecule has 0 spiro atoms. The molecule has 0 aliphatic rings. The summed E-state index contributed by atoms with van der Waals surface area (Å²) in [6.45, 7) is 1.59. The van der Waals surface area contributed by atoms with Crippen LogP contribution in [0, 0.1) is 17.0 Å². The lowest BCUT2D eigenvalue weighted by Gasteiger charge is -2.05. The number of hydrogen-bond acceptors (Lipinski definition) is 5. The lowest BCUT2D eigenvalue weighted by molar-refractivity contribution is -0.388. The number of aryl methyl sites for hydroxylation is 1. The minimum absolute atomic E-state index is 0.314. The van der Waals surface area contributed by atoms with Gasteiger partial charge in [-0.1, -0.05) is 30.3 Å². The van der Waals surface area contributed by atoms with Crippen LogP contribution in [0.3, 0.4) is 0 Å². The van der Waals surface area contributed by atoms with Gasteiger partial charge in [0.15, 0.2) is 0 Å². The van der Waals surface area contributed by atoms with Gasteiger partial charge < -0.3 is 0 Å². The van der Waals surface area contributed by atoms with Crippen molar-refractivity contribution in [2.24, 2.45) is 0 Å². The highest BCUT2D eigenvalue weighted by Crippen LogP contribution is 2.25. The zero-order chi connectivity index (χ0) is 14.8. The van der Waals surface area contributed by atoms with Crippen LogP contribution in [0.4, 0.5) is 5.69 Å². The van der Waals surface area contributed by atoms with Crippen molar-refractivity contribution >= 4 is 15.5 Å². The van der Waals surface area contributed by atoms with E-state index in [9.17, 15) is 18.5 Å². The normalized spacial score (nSPS) is 11.2. The number of pyridine rings is 1. The predicted molar refractivity (Wildman–Crippen MR) is 73.0 cm³/mol. The fourth-order valence-corrected chi connectivity index (χ4v) is 3.27. The van der Waals surface area contributed by atoms with E-state index in [-0.39, 0.29) is 5.75 Å². The maximum absolute atomic E-state index is 12.3. The van der Waals surface area contributed by atoms with Crippen molar-refractivity contribution in [2.45, 2.75) is 17.7 Å². The van der Waals surface area contributed by atoms with Gasteiger partial charge in [0.05, 0.1) is 10.7 Å². The zero-order valence-electron chi connectivity index (χ0n) is 10.7. The molecule has 0 unspecified atom stereocenters. The minimum Gasteiger partial charge on any atom is -0.258 e. The summed E-state index contributed by atoms with van der Waals surface area (Å²) >= 11 is 0. The van der Waals surface area contributed by atoms with Crippen molar-refractivity contribution in [3.8, 4) is 0 Å². The molecular formula is C13H12N2O4S. The second kappa shape index (κ2) is 5.38. The molecule has 0 N–H and O–H groups in total. The molecule has 1 aromatic carbocycles. The van der Waals surface area contributed by atoms with Gasteiger partial charge in [-0.05, 0) is 18.6 Å². The highest BCUT2D eigenvalue weighted by Gasteiger charge is 2.27. The van der Waals surface area contributed by atoms with Crippen LogP contribution in [-0.4, -0.2) is 18.3 Å². The first kappa shape index (κ1) is 14.1. The standard InChI is InChI=1S/C13H12N2O4S/c1-10-7-8-12(15(16)17)13(14-10)20(18,19)9-11-5-3-2-4-6-11/h2-8H,9H2,1H3. The molecule has 0 saturated carbocycles. The molecule has 1 heterocycles. The molecule has 0 aliphatic heterocycles. The Bertz CT molecular complexity index is 742. The second-order valence-electron chi connectivity index (χ2n) is 4.28. The van der Waals surface area contributed by atoms with Crippen molar-refractivity contribution in [3.63, 3.8) is 0 Å². The fourth-order valence-electron chi connectivity index (χ4n) is 1.76. The zero-order valence-corrected chi connectivity index (χ0v) is 11.5. The molecule has 1 aromatic heterocycles. The molecule has 104 valence electrons. The average molecular weight is 292 g/mol. The molecule has 7 heteroatoms. The van der Waals surface area contributed by atoms with E-state index in [2.05, 4.69) is 4.98 Å². The quantitative estimate of drug-likeness (QED) is 0.637. The van der Waals surface area contributed by atoms with Gasteiger partial charge in [-0.25, -0.2) is 13.4 Å². The highest BCUT2D eigenvalue weighted by atomic mass is 32.2. The van der Waals surface area contributed by atoms with E-state index in [1.54, 1.807) is 37.3 Å². The third-order valence-corrected chi connectivity index (χ3v) is 4.27. The maximum Gasteiger partial charge on any atom is 0.306 e. The van der Waals surface area contributed by atoms with Gasteiger partial charge in [0.25, 0.3) is 0 Å². The Morgan fingerprint density at radius 2 is 1.80 bits per heavy atom. The topological polar surface area (TPSA) is 90.2 Å². The van der Waals surface area contributed by atoms with Crippen molar-refractivity contribution < 1.29 is 13.3 Å². The Morgan fingerprint density at radius 3 is 2.40 bits per heavy atom. The van der Waals surface area contributed by atoms with Gasteiger partial charge in [-0.15, -0.1) is 0 Å². The monoisotopic (exact) mass is 292 g/mol. The smallest absolute Gasteiger partial charge is 0.258 e. The largest absolute Gasteiger partial charge is 0.306 e. The first-order valence-electron chi connectivity index (χ1n) is 5.79. The predicted octanol–water partition coefficient (Wildman–Crippen LogP) is 2.27. The Labute approximate surface area is 116 Å². The van der Waals surface area contributed by atoms with E-state index in [0.717, 1.165) is 0 Å². The summed E-state index contributed by atoms with van der Waals surface area (Å²) in [6.07, 6.45) is 0. The second-order valence-corrected chi connectivity index (χ2v) is 6.18. The summed E-state index contributed by atoms with van der Waals surface area (Å²) in [5, 5.41) is 10.5. The number of aromatic nitrogens is 1. The van der Waals surface area contributed by atoms with E-state index < -0.39 is 25.5 Å². The van der Waals surface area contributed by atoms with Crippen LogP contribution in [0.5, 0.6) is 0 Å². The summed E-state index contributed by atoms with van der Waals surface area (Å²) in [7, 11) is -3.86. The Kier molecular flexibility index (Phi) is 3.80. The SMILES string of the molecule is Cc1ccc([N+](=O)[O-])c(S(=O)(=O)Cc2ccccc2)n1. The van der Waals surface area contributed by atoms with Crippen molar-refractivity contribution in [1.82, 2.24) is 4.98 Å². The molecule has 0 radical (unpaired) electrons. The van der Waals surface area contributed by atoms with Crippen molar-refractivity contribution in [1.29, 1.82) is 0 Å². The van der Waals surface area contributed by atoms with Crippen LogP contribution in [0.2, 0.25) is 0 Å². The van der Waals surface area contributed by atoms with Crippen molar-refractivity contribution in [2.75, 3.05) is 0 Å². The number of nitro groups is 1. The third kappa shape index (κ3) is 3.00. The van der Waals surface area contributed by atoms with Gasteiger partial charge in [0.2, 0.25) is 14.9 Å². The highest BCUT2D eigenvalue weighted by molar-refractivity contribution is 7.90. The van der Waals surface area contributed by atoms with Crippen LogP contribution in [0.15, 0.2) is 47.5 Å². The first-order valence-corrected chi connectivity index (χ1v) is 7.44. The fraction of sp³-hybridized carbons (Fsp3) is 0.154. The Balaban J connectivity index is 2.49. The number of sulfone groups is 1. The first-order chi connectivity index (χ1) is 9.40. The van der Waals surface area contributed by atoms with Gasteiger partial charge >= 0.3 is 5.69 Å². The molecule has 0 aliphatic carbocycles. The molecular weight excluding hydrogens is 280 g/mol. The van der Waals surface area contributed by atoms with Crippen molar-refractivity contribution in [3.05, 3.63) is 63.8 Å². The number of rotatable bonds is 4. The molecule has 2 rings (SSSR count). The summed E-state index contributed by atoms with van der Waals surface area (Å²) in [5.74, 6) is -0.314.